The SMILES string of the molecule is NS(=O)(=O)[C@@H]1CCCN1C(=O)OCc1ccccc1. The maximum atomic E-state index is 11.9. The molecule has 0 radical (unpaired) electrons. The van der Waals surface area contributed by atoms with E-state index in [0.717, 1.165) is 5.56 Å². The highest BCUT2D eigenvalue weighted by atomic mass is 32.2. The fourth-order valence-corrected chi connectivity index (χ4v) is 3.13. The largest absolute Gasteiger partial charge is 0.445 e. The van der Waals surface area contributed by atoms with Crippen LogP contribution >= 0.6 is 0 Å². The molecule has 1 fully saturated rings. The zero-order valence-electron chi connectivity index (χ0n) is 10.4. The van der Waals surface area contributed by atoms with Gasteiger partial charge >= 0.3 is 6.09 Å². The molecule has 0 aliphatic carbocycles. The molecule has 19 heavy (non-hydrogen) atoms. The van der Waals surface area contributed by atoms with Crippen molar-refractivity contribution in [1.82, 2.24) is 4.90 Å². The van der Waals surface area contributed by atoms with Crippen LogP contribution in [0.2, 0.25) is 0 Å². The zero-order valence-corrected chi connectivity index (χ0v) is 11.2. The molecule has 0 bridgehead atoms. The van der Waals surface area contributed by atoms with Gasteiger partial charge in [0.1, 0.15) is 6.61 Å². The van der Waals surface area contributed by atoms with Crippen molar-refractivity contribution in [1.29, 1.82) is 0 Å². The highest BCUT2D eigenvalue weighted by Crippen LogP contribution is 2.21. The molecule has 1 heterocycles. The Labute approximate surface area is 112 Å². The molecule has 1 saturated heterocycles. The van der Waals surface area contributed by atoms with E-state index in [4.69, 9.17) is 9.88 Å². The standard InChI is InChI=1S/C12H16N2O4S/c13-19(16,17)11-7-4-8-14(11)12(15)18-9-10-5-2-1-3-6-10/h1-3,5-6,11H,4,7-9H2,(H2,13,16,17)/t11-/m1/s1. The van der Waals surface area contributed by atoms with Gasteiger partial charge in [-0.15, -0.1) is 0 Å². The van der Waals surface area contributed by atoms with E-state index in [1.165, 1.54) is 4.90 Å². The third-order valence-electron chi connectivity index (χ3n) is 3.02. The van der Waals surface area contributed by atoms with Crippen LogP contribution in [0, 0.1) is 0 Å². The Balaban J connectivity index is 1.96. The summed E-state index contributed by atoms with van der Waals surface area (Å²) in [6.07, 6.45) is 0.334. The Morgan fingerprint density at radius 3 is 2.68 bits per heavy atom. The summed E-state index contributed by atoms with van der Waals surface area (Å²) in [5.74, 6) is 0. The summed E-state index contributed by atoms with van der Waals surface area (Å²) in [7, 11) is -3.75. The summed E-state index contributed by atoms with van der Waals surface area (Å²) in [6, 6.07) is 9.20. The number of ether oxygens (including phenoxy) is 1. The lowest BCUT2D eigenvalue weighted by Gasteiger charge is -2.22. The van der Waals surface area contributed by atoms with Crippen molar-refractivity contribution in [2.45, 2.75) is 24.8 Å². The molecule has 1 aliphatic heterocycles. The normalized spacial score (nSPS) is 19.4. The van der Waals surface area contributed by atoms with Crippen LogP contribution in [0.1, 0.15) is 18.4 Å². The van der Waals surface area contributed by atoms with Gasteiger partial charge in [-0.25, -0.2) is 18.4 Å². The van der Waals surface area contributed by atoms with Crippen molar-refractivity contribution in [3.8, 4) is 0 Å². The van der Waals surface area contributed by atoms with Gasteiger partial charge in [0.2, 0.25) is 10.0 Å². The van der Waals surface area contributed by atoms with Crippen LogP contribution in [0.3, 0.4) is 0 Å². The van der Waals surface area contributed by atoms with Crippen molar-refractivity contribution < 1.29 is 17.9 Å². The summed E-state index contributed by atoms with van der Waals surface area (Å²) in [5.41, 5.74) is 0.849. The fourth-order valence-electron chi connectivity index (χ4n) is 2.09. The van der Waals surface area contributed by atoms with Crippen LogP contribution in [0.15, 0.2) is 30.3 Å². The number of carbonyl (C=O) groups excluding carboxylic acids is 1. The van der Waals surface area contributed by atoms with Crippen LogP contribution < -0.4 is 5.14 Å². The third kappa shape index (κ3) is 3.45. The van der Waals surface area contributed by atoms with Gasteiger partial charge in [0, 0.05) is 6.54 Å². The number of benzene rings is 1. The highest BCUT2D eigenvalue weighted by Gasteiger charge is 2.37. The average molecular weight is 284 g/mol. The number of primary sulfonamides is 1. The Morgan fingerprint density at radius 1 is 1.37 bits per heavy atom. The van der Waals surface area contributed by atoms with Crippen molar-refractivity contribution in [2.75, 3.05) is 6.54 Å². The summed E-state index contributed by atoms with van der Waals surface area (Å²) in [4.78, 5) is 13.0. The van der Waals surface area contributed by atoms with E-state index in [1.807, 2.05) is 30.3 Å². The second-order valence-electron chi connectivity index (χ2n) is 4.42. The van der Waals surface area contributed by atoms with Crippen LogP contribution in [0.4, 0.5) is 4.79 Å². The number of likely N-dealkylation sites (tertiary alicyclic amines) is 1. The van der Waals surface area contributed by atoms with Gasteiger partial charge < -0.3 is 4.74 Å². The lowest BCUT2D eigenvalue weighted by atomic mass is 10.2. The second kappa shape index (κ2) is 5.58. The highest BCUT2D eigenvalue weighted by molar-refractivity contribution is 7.89. The molecule has 1 aliphatic rings. The summed E-state index contributed by atoms with van der Waals surface area (Å²) < 4.78 is 27.8. The monoisotopic (exact) mass is 284 g/mol. The number of nitrogens with zero attached hydrogens (tertiary/aromatic N) is 1. The molecule has 1 aromatic carbocycles. The summed E-state index contributed by atoms with van der Waals surface area (Å²) in [5, 5.41) is 4.14. The first kappa shape index (κ1) is 13.8. The van der Waals surface area contributed by atoms with Crippen LogP contribution in [0.25, 0.3) is 0 Å². The molecule has 1 amide bonds. The first-order chi connectivity index (χ1) is 8.98. The van der Waals surface area contributed by atoms with E-state index in [1.54, 1.807) is 0 Å². The number of amides is 1. The van der Waals surface area contributed by atoms with E-state index in [-0.39, 0.29) is 6.61 Å². The molecule has 1 aromatic rings. The van der Waals surface area contributed by atoms with Gasteiger partial charge in [-0.1, -0.05) is 30.3 Å². The Kier molecular flexibility index (Phi) is 4.06. The van der Waals surface area contributed by atoms with E-state index >= 15 is 0 Å². The van der Waals surface area contributed by atoms with Crippen molar-refractivity contribution in [3.63, 3.8) is 0 Å². The molecule has 0 unspecified atom stereocenters. The van der Waals surface area contributed by atoms with E-state index in [2.05, 4.69) is 0 Å². The Hall–Kier alpha value is -1.60. The first-order valence-corrected chi connectivity index (χ1v) is 7.58. The molecule has 1 atom stereocenters. The molecule has 2 rings (SSSR count). The molecule has 6 nitrogen and oxygen atoms in total. The smallest absolute Gasteiger partial charge is 0.411 e. The quantitative estimate of drug-likeness (QED) is 0.897. The molecule has 0 aromatic heterocycles. The van der Waals surface area contributed by atoms with Gasteiger partial charge in [-0.2, -0.15) is 0 Å². The number of hydrogen-bond donors (Lipinski definition) is 1. The van der Waals surface area contributed by atoms with Gasteiger partial charge in [0.15, 0.2) is 5.37 Å². The maximum absolute atomic E-state index is 11.9. The lowest BCUT2D eigenvalue weighted by molar-refractivity contribution is 0.100. The van der Waals surface area contributed by atoms with E-state index in [0.29, 0.717) is 19.4 Å². The van der Waals surface area contributed by atoms with Crippen LogP contribution in [-0.4, -0.2) is 31.3 Å². The number of rotatable bonds is 3. The van der Waals surface area contributed by atoms with E-state index < -0.39 is 21.5 Å². The van der Waals surface area contributed by atoms with E-state index in [9.17, 15) is 13.2 Å². The van der Waals surface area contributed by atoms with Crippen molar-refractivity contribution in [3.05, 3.63) is 35.9 Å². The van der Waals surface area contributed by atoms with Gasteiger partial charge in [-0.05, 0) is 18.4 Å². The molecule has 0 spiro atoms. The number of nitrogens with two attached hydrogens (primary N) is 1. The summed E-state index contributed by atoms with van der Waals surface area (Å²) in [6.45, 7) is 0.474. The van der Waals surface area contributed by atoms with Gasteiger partial charge in [-0.3, -0.25) is 4.90 Å². The van der Waals surface area contributed by atoms with Crippen LogP contribution in [-0.2, 0) is 21.4 Å². The summed E-state index contributed by atoms with van der Waals surface area (Å²) >= 11 is 0. The lowest BCUT2D eigenvalue weighted by Crippen LogP contribution is -2.43. The predicted octanol–water partition coefficient (Wildman–Crippen LogP) is 1.03. The fraction of sp³-hybridized carbons (Fsp3) is 0.417. The maximum Gasteiger partial charge on any atom is 0.411 e. The zero-order chi connectivity index (χ0) is 13.9. The first-order valence-electron chi connectivity index (χ1n) is 5.97. The van der Waals surface area contributed by atoms with Crippen molar-refractivity contribution >= 4 is 16.1 Å². The number of hydrogen-bond acceptors (Lipinski definition) is 4. The predicted molar refractivity (Wildman–Crippen MR) is 69.5 cm³/mol. The van der Waals surface area contributed by atoms with Gasteiger partial charge in [0.05, 0.1) is 0 Å². The van der Waals surface area contributed by atoms with Gasteiger partial charge in [0.25, 0.3) is 0 Å². The topological polar surface area (TPSA) is 89.7 Å². The molecular weight excluding hydrogens is 268 g/mol. The van der Waals surface area contributed by atoms with Crippen molar-refractivity contribution in [2.24, 2.45) is 5.14 Å². The minimum Gasteiger partial charge on any atom is -0.445 e. The minimum absolute atomic E-state index is 0.119. The molecule has 7 heteroatoms. The molecule has 104 valence electrons. The number of carbonyl (C=O) groups is 1. The molecule has 0 saturated carbocycles. The second-order valence-corrected chi connectivity index (χ2v) is 6.14. The van der Waals surface area contributed by atoms with Crippen LogP contribution in [0.5, 0.6) is 0 Å². The molecular formula is C12H16N2O4S. The third-order valence-corrected chi connectivity index (χ3v) is 4.27. The minimum atomic E-state index is -3.75. The number of sulfonamides is 1. The molecule has 2 N–H and O–H groups in total. The average Bonchev–Trinajstić information content (AvgIpc) is 2.86. The Morgan fingerprint density at radius 2 is 2.05 bits per heavy atom. The Bertz CT molecular complexity index is 544.